The van der Waals surface area contributed by atoms with Gasteiger partial charge in [0.15, 0.2) is 0 Å². The highest BCUT2D eigenvalue weighted by atomic mass is 15.1. The molecule has 6 heteroatoms. The molecule has 0 saturated carbocycles. The number of benzene rings is 4. The smallest absolute Gasteiger partial charge is 0.0858 e. The lowest BCUT2D eigenvalue weighted by Gasteiger charge is -2.11. The number of hydrogen-bond acceptors (Lipinski definition) is 6. The van der Waals surface area contributed by atoms with Gasteiger partial charge in [-0.2, -0.15) is 10.2 Å². The summed E-state index contributed by atoms with van der Waals surface area (Å²) in [7, 11) is 8.11. The van der Waals surface area contributed by atoms with E-state index in [1.807, 2.05) is 89.2 Å². The molecule has 0 aromatic heterocycles. The van der Waals surface area contributed by atoms with Gasteiger partial charge in [-0.3, -0.25) is 9.98 Å². The van der Waals surface area contributed by atoms with Crippen molar-refractivity contribution < 1.29 is 0 Å². The molecular weight excluding hydrogens is 444 g/mol. The molecular formula is C30H30N6. The van der Waals surface area contributed by atoms with Crippen LogP contribution in [0.4, 0.5) is 34.1 Å². The lowest BCUT2D eigenvalue weighted by atomic mass is 10.2. The molecule has 0 N–H and O–H groups in total. The van der Waals surface area contributed by atoms with Crippen LogP contribution in [0.3, 0.4) is 0 Å². The van der Waals surface area contributed by atoms with Gasteiger partial charge >= 0.3 is 0 Å². The van der Waals surface area contributed by atoms with Gasteiger partial charge in [0.2, 0.25) is 0 Å². The van der Waals surface area contributed by atoms with Crippen molar-refractivity contribution in [3.8, 4) is 0 Å². The number of aliphatic imine (C=N–C) groups is 2. The van der Waals surface area contributed by atoms with Gasteiger partial charge < -0.3 is 9.80 Å². The molecule has 0 radical (unpaired) electrons. The fourth-order valence-corrected chi connectivity index (χ4v) is 3.34. The van der Waals surface area contributed by atoms with Crippen molar-refractivity contribution in [1.82, 2.24) is 0 Å². The third kappa shape index (κ3) is 6.96. The Labute approximate surface area is 213 Å². The Morgan fingerprint density at radius 2 is 0.722 bits per heavy atom. The SMILES string of the molecule is CN(C)c1ccc(C=Nc2ccc(N=Nc3ccc(N=Cc4ccc(N(C)C)cc4)cc3)cc2)cc1. The van der Waals surface area contributed by atoms with Crippen molar-refractivity contribution in [3.63, 3.8) is 0 Å². The van der Waals surface area contributed by atoms with Gasteiger partial charge in [-0.25, -0.2) is 0 Å². The maximum Gasteiger partial charge on any atom is 0.0858 e. The molecule has 0 aliphatic heterocycles. The minimum absolute atomic E-state index is 0.771. The fourth-order valence-electron chi connectivity index (χ4n) is 3.34. The van der Waals surface area contributed by atoms with E-state index in [1.54, 1.807) is 0 Å². The second-order valence-corrected chi connectivity index (χ2v) is 8.72. The minimum atomic E-state index is 0.771. The molecule has 0 aliphatic rings. The van der Waals surface area contributed by atoms with Crippen molar-refractivity contribution >= 4 is 46.6 Å². The summed E-state index contributed by atoms with van der Waals surface area (Å²) in [4.78, 5) is 13.2. The third-order valence-corrected chi connectivity index (χ3v) is 5.52. The Morgan fingerprint density at radius 3 is 1.03 bits per heavy atom. The first-order chi connectivity index (χ1) is 17.5. The summed E-state index contributed by atoms with van der Waals surface area (Å²) in [5, 5.41) is 8.67. The maximum absolute atomic E-state index is 4.54. The van der Waals surface area contributed by atoms with Gasteiger partial charge in [0, 0.05) is 52.0 Å². The first kappa shape index (κ1) is 24.5. The summed E-state index contributed by atoms with van der Waals surface area (Å²) in [5.74, 6) is 0. The Bertz CT molecular complexity index is 1230. The molecule has 6 nitrogen and oxygen atoms in total. The Hall–Kier alpha value is -4.58. The van der Waals surface area contributed by atoms with Gasteiger partial charge in [-0.15, -0.1) is 0 Å². The molecule has 36 heavy (non-hydrogen) atoms. The highest BCUT2D eigenvalue weighted by molar-refractivity contribution is 5.83. The summed E-state index contributed by atoms with van der Waals surface area (Å²) in [6.45, 7) is 0. The number of rotatable bonds is 8. The van der Waals surface area contributed by atoms with E-state index < -0.39 is 0 Å². The largest absolute Gasteiger partial charge is 0.378 e. The van der Waals surface area contributed by atoms with Crippen LogP contribution in [-0.2, 0) is 0 Å². The monoisotopic (exact) mass is 474 g/mol. The van der Waals surface area contributed by atoms with Crippen LogP contribution >= 0.6 is 0 Å². The van der Waals surface area contributed by atoms with Crippen molar-refractivity contribution in [2.75, 3.05) is 38.0 Å². The highest BCUT2D eigenvalue weighted by Crippen LogP contribution is 2.24. The molecule has 180 valence electrons. The molecule has 0 aliphatic carbocycles. The molecule has 0 amide bonds. The summed E-state index contributed by atoms with van der Waals surface area (Å²) in [6.07, 6.45) is 3.72. The second-order valence-electron chi connectivity index (χ2n) is 8.72. The minimum Gasteiger partial charge on any atom is -0.378 e. The normalized spacial score (nSPS) is 11.6. The van der Waals surface area contributed by atoms with Gasteiger partial charge in [-0.05, 0) is 83.9 Å². The molecule has 0 atom stereocenters. The van der Waals surface area contributed by atoms with Crippen LogP contribution in [0.1, 0.15) is 11.1 Å². The predicted octanol–water partition coefficient (Wildman–Crippen LogP) is 7.74. The van der Waals surface area contributed by atoms with E-state index in [1.165, 1.54) is 0 Å². The van der Waals surface area contributed by atoms with Crippen LogP contribution in [-0.4, -0.2) is 40.6 Å². The van der Waals surface area contributed by atoms with Crippen LogP contribution in [0.15, 0.2) is 117 Å². The Morgan fingerprint density at radius 1 is 0.417 bits per heavy atom. The first-order valence-corrected chi connectivity index (χ1v) is 11.7. The quantitative estimate of drug-likeness (QED) is 0.194. The number of hydrogen-bond donors (Lipinski definition) is 0. The Balaban J connectivity index is 1.32. The van der Waals surface area contributed by atoms with Crippen molar-refractivity contribution in [3.05, 3.63) is 108 Å². The van der Waals surface area contributed by atoms with Crippen LogP contribution in [0.2, 0.25) is 0 Å². The maximum atomic E-state index is 4.54. The van der Waals surface area contributed by atoms with E-state index in [4.69, 9.17) is 0 Å². The second kappa shape index (κ2) is 11.7. The Kier molecular flexibility index (Phi) is 7.98. The highest BCUT2D eigenvalue weighted by Gasteiger charge is 1.97. The summed E-state index contributed by atoms with van der Waals surface area (Å²) in [6, 6.07) is 31.9. The summed E-state index contributed by atoms with van der Waals surface area (Å²) in [5.41, 5.74) is 7.71. The van der Waals surface area contributed by atoms with E-state index in [0.29, 0.717) is 0 Å². The average Bonchev–Trinajstić information content (AvgIpc) is 2.91. The van der Waals surface area contributed by atoms with E-state index in [2.05, 4.69) is 78.5 Å². The number of nitrogens with zero attached hydrogens (tertiary/aromatic N) is 6. The average molecular weight is 475 g/mol. The van der Waals surface area contributed by atoms with E-state index >= 15 is 0 Å². The molecule has 0 fully saturated rings. The van der Waals surface area contributed by atoms with Crippen molar-refractivity contribution in [2.24, 2.45) is 20.2 Å². The van der Waals surface area contributed by atoms with Crippen molar-refractivity contribution in [1.29, 1.82) is 0 Å². The lowest BCUT2D eigenvalue weighted by Crippen LogP contribution is -2.08. The first-order valence-electron chi connectivity index (χ1n) is 11.7. The van der Waals surface area contributed by atoms with Crippen LogP contribution in [0.5, 0.6) is 0 Å². The molecule has 0 spiro atoms. The van der Waals surface area contributed by atoms with E-state index in [-0.39, 0.29) is 0 Å². The van der Waals surface area contributed by atoms with Gasteiger partial charge in [0.1, 0.15) is 0 Å². The molecule has 0 heterocycles. The number of azo groups is 1. The fraction of sp³-hybridized carbons (Fsp3) is 0.133. The predicted molar refractivity (Wildman–Crippen MR) is 153 cm³/mol. The zero-order valence-corrected chi connectivity index (χ0v) is 21.1. The van der Waals surface area contributed by atoms with Crippen LogP contribution < -0.4 is 9.80 Å². The zero-order chi connectivity index (χ0) is 25.3. The van der Waals surface area contributed by atoms with Crippen LogP contribution in [0.25, 0.3) is 0 Å². The summed E-state index contributed by atoms with van der Waals surface area (Å²) >= 11 is 0. The topological polar surface area (TPSA) is 55.9 Å². The molecule has 0 unspecified atom stereocenters. The van der Waals surface area contributed by atoms with Gasteiger partial charge in [0.05, 0.1) is 22.7 Å². The van der Waals surface area contributed by atoms with E-state index in [9.17, 15) is 0 Å². The van der Waals surface area contributed by atoms with E-state index in [0.717, 1.165) is 45.3 Å². The lowest BCUT2D eigenvalue weighted by molar-refractivity contribution is 1.13. The molecule has 4 rings (SSSR count). The molecule has 4 aromatic carbocycles. The van der Waals surface area contributed by atoms with Gasteiger partial charge in [-0.1, -0.05) is 24.3 Å². The zero-order valence-electron chi connectivity index (χ0n) is 21.1. The summed E-state index contributed by atoms with van der Waals surface area (Å²) < 4.78 is 0. The standard InChI is InChI=1S/C30H30N6/c1-35(2)29-17-5-23(6-18-29)21-31-25-9-13-27(14-10-25)33-34-28-15-11-26(12-16-28)32-22-24-7-19-30(20-8-24)36(3)4/h5-22H,1-4H3. The van der Waals surface area contributed by atoms with Crippen molar-refractivity contribution in [2.45, 2.75) is 0 Å². The molecule has 0 bridgehead atoms. The van der Waals surface area contributed by atoms with Gasteiger partial charge in [0.25, 0.3) is 0 Å². The molecule has 0 saturated heterocycles. The molecule has 4 aromatic rings. The third-order valence-electron chi connectivity index (χ3n) is 5.52. The van der Waals surface area contributed by atoms with Crippen LogP contribution in [0, 0.1) is 0 Å². The number of anilines is 2.